The predicted octanol–water partition coefficient (Wildman–Crippen LogP) is 1.18. The molecule has 23 heavy (non-hydrogen) atoms. The van der Waals surface area contributed by atoms with Crippen LogP contribution in [-0.2, 0) is 0 Å². The second-order valence-corrected chi connectivity index (χ2v) is 5.37. The SMILES string of the molecule is Cc1nc2nc(N3C(=O)c4ccccc4C3=O)[nH]n2c(=O)c1Cl. The predicted molar refractivity (Wildman–Crippen MR) is 80.9 cm³/mol. The highest BCUT2D eigenvalue weighted by Crippen LogP contribution is 2.26. The van der Waals surface area contributed by atoms with E-state index in [4.69, 9.17) is 11.6 Å². The number of hydrogen-bond acceptors (Lipinski definition) is 5. The zero-order valence-corrected chi connectivity index (χ0v) is 12.5. The second kappa shape index (κ2) is 4.50. The van der Waals surface area contributed by atoms with Crippen molar-refractivity contribution in [3.05, 3.63) is 56.5 Å². The zero-order valence-electron chi connectivity index (χ0n) is 11.7. The summed E-state index contributed by atoms with van der Waals surface area (Å²) in [4.78, 5) is 45.9. The van der Waals surface area contributed by atoms with Crippen LogP contribution in [0.4, 0.5) is 5.95 Å². The third-order valence-corrected chi connectivity index (χ3v) is 4.03. The molecule has 0 bridgehead atoms. The number of amides is 2. The number of hydrogen-bond donors (Lipinski definition) is 1. The third-order valence-electron chi connectivity index (χ3n) is 3.60. The molecule has 0 spiro atoms. The van der Waals surface area contributed by atoms with Crippen LogP contribution in [0, 0.1) is 6.92 Å². The van der Waals surface area contributed by atoms with Gasteiger partial charge < -0.3 is 0 Å². The number of aryl methyl sites for hydroxylation is 1. The summed E-state index contributed by atoms with van der Waals surface area (Å²) in [7, 11) is 0. The van der Waals surface area contributed by atoms with Gasteiger partial charge in [0.2, 0.25) is 5.95 Å². The van der Waals surface area contributed by atoms with E-state index in [-0.39, 0.29) is 27.9 Å². The molecule has 2 aromatic heterocycles. The Balaban J connectivity index is 1.92. The van der Waals surface area contributed by atoms with E-state index in [0.29, 0.717) is 5.69 Å². The van der Waals surface area contributed by atoms with Crippen LogP contribution in [-0.4, -0.2) is 31.4 Å². The molecule has 0 radical (unpaired) electrons. The highest BCUT2D eigenvalue weighted by atomic mass is 35.5. The lowest BCUT2D eigenvalue weighted by atomic mass is 10.1. The summed E-state index contributed by atoms with van der Waals surface area (Å²) < 4.78 is 0.994. The standard InChI is InChI=1S/C14H8ClN5O3/c1-6-9(15)12(23)20-13(16-6)17-14(18-20)19-10(21)7-4-2-3-5-8(7)11(19)22/h2-5H,1H3,(H,16,17,18). The van der Waals surface area contributed by atoms with Crippen molar-refractivity contribution in [3.8, 4) is 0 Å². The number of anilines is 1. The molecule has 8 nitrogen and oxygen atoms in total. The summed E-state index contributed by atoms with van der Waals surface area (Å²) in [5.74, 6) is -1.08. The molecule has 0 aliphatic carbocycles. The van der Waals surface area contributed by atoms with E-state index < -0.39 is 17.4 Å². The van der Waals surface area contributed by atoms with Crippen LogP contribution in [0.25, 0.3) is 5.78 Å². The van der Waals surface area contributed by atoms with E-state index in [1.807, 2.05) is 0 Å². The van der Waals surface area contributed by atoms with Gasteiger partial charge in [0.25, 0.3) is 23.2 Å². The minimum atomic E-state index is -0.551. The number of H-pyrrole nitrogens is 1. The normalized spacial score (nSPS) is 13.9. The second-order valence-electron chi connectivity index (χ2n) is 4.99. The maximum Gasteiger partial charge on any atom is 0.293 e. The number of halogens is 1. The van der Waals surface area contributed by atoms with Crippen LogP contribution < -0.4 is 10.5 Å². The van der Waals surface area contributed by atoms with E-state index in [0.717, 1.165) is 9.42 Å². The van der Waals surface area contributed by atoms with E-state index in [1.54, 1.807) is 31.2 Å². The molecule has 9 heteroatoms. The smallest absolute Gasteiger partial charge is 0.268 e. The molecule has 1 aliphatic heterocycles. The topological polar surface area (TPSA) is 100 Å². The molecule has 1 aliphatic rings. The number of carbonyl (C=O) groups excluding carboxylic acids is 2. The summed E-state index contributed by atoms with van der Waals surface area (Å²) >= 11 is 5.86. The van der Waals surface area contributed by atoms with Crippen LogP contribution >= 0.6 is 11.6 Å². The maximum atomic E-state index is 12.4. The molecule has 1 aromatic carbocycles. The Kier molecular flexibility index (Phi) is 2.67. The number of nitrogens with one attached hydrogen (secondary N) is 1. The molecule has 0 saturated carbocycles. The van der Waals surface area contributed by atoms with Gasteiger partial charge in [-0.25, -0.2) is 9.88 Å². The van der Waals surface area contributed by atoms with Gasteiger partial charge in [-0.15, -0.1) is 0 Å². The Morgan fingerprint density at radius 2 is 1.65 bits per heavy atom. The first-order chi connectivity index (χ1) is 11.0. The van der Waals surface area contributed by atoms with Crippen molar-refractivity contribution >= 4 is 35.1 Å². The summed E-state index contributed by atoms with van der Waals surface area (Å²) in [6.07, 6.45) is 0. The first-order valence-electron chi connectivity index (χ1n) is 6.61. The van der Waals surface area contributed by atoms with Gasteiger partial charge in [-0.1, -0.05) is 23.7 Å². The van der Waals surface area contributed by atoms with E-state index in [9.17, 15) is 14.4 Å². The molecule has 0 unspecified atom stereocenters. The monoisotopic (exact) mass is 329 g/mol. The summed E-state index contributed by atoms with van der Waals surface area (Å²) in [6, 6.07) is 6.45. The van der Waals surface area contributed by atoms with Gasteiger partial charge in [0.05, 0.1) is 16.8 Å². The van der Waals surface area contributed by atoms with Crippen molar-refractivity contribution in [2.75, 3.05) is 4.90 Å². The van der Waals surface area contributed by atoms with Gasteiger partial charge in [0, 0.05) is 0 Å². The third kappa shape index (κ3) is 1.75. The Morgan fingerprint density at radius 1 is 1.04 bits per heavy atom. The summed E-state index contributed by atoms with van der Waals surface area (Å²) in [5.41, 5.74) is 0.335. The fourth-order valence-electron chi connectivity index (χ4n) is 2.47. The van der Waals surface area contributed by atoms with Crippen molar-refractivity contribution < 1.29 is 9.59 Å². The van der Waals surface area contributed by atoms with Crippen LogP contribution in [0.3, 0.4) is 0 Å². The molecule has 2 amide bonds. The van der Waals surface area contributed by atoms with Crippen molar-refractivity contribution in [3.63, 3.8) is 0 Å². The Bertz CT molecular complexity index is 1030. The number of aromatic amines is 1. The fraction of sp³-hybridized carbons (Fsp3) is 0.0714. The number of carbonyl (C=O) groups is 2. The summed E-state index contributed by atoms with van der Waals surface area (Å²) in [5, 5.41) is 2.54. The van der Waals surface area contributed by atoms with Crippen molar-refractivity contribution in [1.82, 2.24) is 19.6 Å². The highest BCUT2D eigenvalue weighted by molar-refractivity contribution is 6.34. The Morgan fingerprint density at radius 3 is 2.26 bits per heavy atom. The van der Waals surface area contributed by atoms with Gasteiger partial charge in [0.15, 0.2) is 0 Å². The molecule has 0 fully saturated rings. The number of rotatable bonds is 1. The number of aromatic nitrogens is 4. The lowest BCUT2D eigenvalue weighted by Crippen LogP contribution is -2.30. The maximum absolute atomic E-state index is 12.4. The lowest BCUT2D eigenvalue weighted by molar-refractivity contribution is 0.0924. The van der Waals surface area contributed by atoms with Gasteiger partial charge in [-0.3, -0.25) is 19.5 Å². The van der Waals surface area contributed by atoms with Crippen LogP contribution in [0.1, 0.15) is 26.4 Å². The zero-order chi connectivity index (χ0) is 16.3. The quantitative estimate of drug-likeness (QED) is 0.676. The molecule has 3 heterocycles. The van der Waals surface area contributed by atoms with Crippen LogP contribution in [0.2, 0.25) is 5.02 Å². The van der Waals surface area contributed by atoms with Crippen LogP contribution in [0.15, 0.2) is 29.1 Å². The summed E-state index contributed by atoms with van der Waals surface area (Å²) in [6.45, 7) is 1.57. The molecule has 1 N–H and O–H groups in total. The first kappa shape index (κ1) is 13.6. The van der Waals surface area contributed by atoms with Crippen molar-refractivity contribution in [1.29, 1.82) is 0 Å². The number of nitrogens with zero attached hydrogens (tertiary/aromatic N) is 4. The van der Waals surface area contributed by atoms with Crippen LogP contribution in [0.5, 0.6) is 0 Å². The van der Waals surface area contributed by atoms with Gasteiger partial charge in [0.1, 0.15) is 5.02 Å². The van der Waals surface area contributed by atoms with Crippen molar-refractivity contribution in [2.45, 2.75) is 6.92 Å². The van der Waals surface area contributed by atoms with E-state index >= 15 is 0 Å². The fourth-order valence-corrected chi connectivity index (χ4v) is 2.60. The van der Waals surface area contributed by atoms with E-state index in [1.165, 1.54) is 0 Å². The Labute approximate surface area is 133 Å². The van der Waals surface area contributed by atoms with E-state index in [2.05, 4.69) is 15.1 Å². The average Bonchev–Trinajstić information content (AvgIpc) is 3.06. The minimum Gasteiger partial charge on any atom is -0.268 e. The molecule has 3 aromatic rings. The van der Waals surface area contributed by atoms with Crippen molar-refractivity contribution in [2.24, 2.45) is 0 Å². The molecular formula is C14H8ClN5O3. The lowest BCUT2D eigenvalue weighted by Gasteiger charge is -2.08. The number of imide groups is 1. The van der Waals surface area contributed by atoms with Gasteiger partial charge in [-0.2, -0.15) is 9.50 Å². The average molecular weight is 330 g/mol. The highest BCUT2D eigenvalue weighted by Gasteiger charge is 2.38. The molecule has 0 atom stereocenters. The minimum absolute atomic E-state index is 0.0310. The molecular weight excluding hydrogens is 322 g/mol. The molecule has 0 saturated heterocycles. The molecule has 4 rings (SSSR count). The van der Waals surface area contributed by atoms with Gasteiger partial charge >= 0.3 is 0 Å². The van der Waals surface area contributed by atoms with Gasteiger partial charge in [-0.05, 0) is 19.1 Å². The first-order valence-corrected chi connectivity index (χ1v) is 6.99. The Hall–Kier alpha value is -3.00. The molecule has 114 valence electrons. The number of fused-ring (bicyclic) bond motifs is 2. The number of benzene rings is 1. The largest absolute Gasteiger partial charge is 0.293 e.